The Balaban J connectivity index is 1.82. The van der Waals surface area contributed by atoms with E-state index in [-0.39, 0.29) is 0 Å². The Kier molecular flexibility index (Phi) is 5.05. The molecule has 0 N–H and O–H groups in total. The molecule has 92 valence electrons. The van der Waals surface area contributed by atoms with Gasteiger partial charge in [-0.15, -0.1) is 23.5 Å². The van der Waals surface area contributed by atoms with Gasteiger partial charge in [-0.05, 0) is 43.3 Å². The monoisotopic (exact) mass is 264 g/mol. The first-order valence-electron chi connectivity index (χ1n) is 6.19. The van der Waals surface area contributed by atoms with Crippen molar-refractivity contribution in [3.8, 4) is 0 Å². The van der Waals surface area contributed by atoms with Crippen molar-refractivity contribution in [3.05, 3.63) is 47.5 Å². The van der Waals surface area contributed by atoms with Crippen molar-refractivity contribution in [2.75, 3.05) is 11.5 Å². The van der Waals surface area contributed by atoms with Gasteiger partial charge in [0.15, 0.2) is 0 Å². The third kappa shape index (κ3) is 4.44. The molecule has 0 radical (unpaired) electrons. The fourth-order valence-electron chi connectivity index (χ4n) is 1.96. The summed E-state index contributed by atoms with van der Waals surface area (Å²) in [6.45, 7) is 6.37. The van der Waals surface area contributed by atoms with Crippen LogP contribution in [0.1, 0.15) is 24.0 Å². The topological polar surface area (TPSA) is 0 Å². The van der Waals surface area contributed by atoms with Gasteiger partial charge in [0, 0.05) is 0 Å². The SMILES string of the molecule is C=C(Cc1ccc(C)cc1)CC1SCCCS1. The van der Waals surface area contributed by atoms with E-state index in [4.69, 9.17) is 0 Å². The number of aryl methyl sites for hydroxylation is 1. The maximum absolute atomic E-state index is 4.24. The second-order valence-electron chi connectivity index (χ2n) is 4.64. The van der Waals surface area contributed by atoms with Crippen LogP contribution in [-0.4, -0.2) is 16.1 Å². The fourth-order valence-corrected chi connectivity index (χ4v) is 4.96. The molecule has 0 spiro atoms. The highest BCUT2D eigenvalue weighted by Crippen LogP contribution is 2.35. The summed E-state index contributed by atoms with van der Waals surface area (Å²) in [5.41, 5.74) is 4.10. The van der Waals surface area contributed by atoms with Crippen LogP contribution in [-0.2, 0) is 6.42 Å². The van der Waals surface area contributed by atoms with Crippen LogP contribution in [0.25, 0.3) is 0 Å². The van der Waals surface area contributed by atoms with Gasteiger partial charge in [-0.3, -0.25) is 0 Å². The molecule has 0 bridgehead atoms. The first-order valence-corrected chi connectivity index (χ1v) is 8.29. The van der Waals surface area contributed by atoms with Crippen molar-refractivity contribution in [1.29, 1.82) is 0 Å². The zero-order valence-electron chi connectivity index (χ0n) is 10.4. The molecule has 0 nitrogen and oxygen atoms in total. The Labute approximate surface area is 113 Å². The second-order valence-corrected chi connectivity index (χ2v) is 7.56. The average molecular weight is 264 g/mol. The van der Waals surface area contributed by atoms with E-state index >= 15 is 0 Å². The van der Waals surface area contributed by atoms with E-state index in [1.165, 1.54) is 41.0 Å². The Morgan fingerprint density at radius 1 is 1.24 bits per heavy atom. The quantitative estimate of drug-likeness (QED) is 0.724. The summed E-state index contributed by atoms with van der Waals surface area (Å²) in [6, 6.07) is 8.82. The van der Waals surface area contributed by atoms with Crippen molar-refractivity contribution in [2.24, 2.45) is 0 Å². The van der Waals surface area contributed by atoms with Gasteiger partial charge in [-0.25, -0.2) is 0 Å². The van der Waals surface area contributed by atoms with Gasteiger partial charge < -0.3 is 0 Å². The fraction of sp³-hybridized carbons (Fsp3) is 0.467. The minimum atomic E-state index is 0.752. The second kappa shape index (κ2) is 6.55. The molecular formula is C15H20S2. The lowest BCUT2D eigenvalue weighted by Gasteiger charge is -2.21. The smallest absolute Gasteiger partial charge is 0.0539 e. The molecule has 1 aromatic rings. The number of rotatable bonds is 4. The Morgan fingerprint density at radius 2 is 1.88 bits per heavy atom. The number of thioether (sulfide) groups is 2. The van der Waals surface area contributed by atoms with Crippen LogP contribution in [0.4, 0.5) is 0 Å². The van der Waals surface area contributed by atoms with E-state index in [1.807, 2.05) is 0 Å². The lowest BCUT2D eigenvalue weighted by atomic mass is 10.0. The van der Waals surface area contributed by atoms with Crippen LogP contribution < -0.4 is 0 Å². The molecule has 2 rings (SSSR count). The normalized spacial score (nSPS) is 17.0. The van der Waals surface area contributed by atoms with Crippen LogP contribution in [0, 0.1) is 6.92 Å². The van der Waals surface area contributed by atoms with E-state index in [0.29, 0.717) is 0 Å². The number of benzene rings is 1. The van der Waals surface area contributed by atoms with Crippen molar-refractivity contribution < 1.29 is 0 Å². The van der Waals surface area contributed by atoms with Crippen molar-refractivity contribution >= 4 is 23.5 Å². The van der Waals surface area contributed by atoms with Gasteiger partial charge in [-0.2, -0.15) is 0 Å². The van der Waals surface area contributed by atoms with Gasteiger partial charge >= 0.3 is 0 Å². The molecule has 1 fully saturated rings. The molecule has 0 saturated carbocycles. The van der Waals surface area contributed by atoms with Crippen molar-refractivity contribution in [3.63, 3.8) is 0 Å². The predicted octanol–water partition coefficient (Wildman–Crippen LogP) is 4.68. The first-order chi connectivity index (χ1) is 8.24. The van der Waals surface area contributed by atoms with Crippen LogP contribution in [0.2, 0.25) is 0 Å². The third-order valence-electron chi connectivity index (χ3n) is 2.93. The summed E-state index contributed by atoms with van der Waals surface area (Å²) in [4.78, 5) is 0. The number of hydrogen-bond acceptors (Lipinski definition) is 2. The zero-order valence-corrected chi connectivity index (χ0v) is 12.1. The summed E-state index contributed by atoms with van der Waals surface area (Å²) in [7, 11) is 0. The minimum Gasteiger partial charge on any atom is -0.147 e. The summed E-state index contributed by atoms with van der Waals surface area (Å²) in [5, 5.41) is 0. The third-order valence-corrected chi connectivity index (χ3v) is 5.87. The highest BCUT2D eigenvalue weighted by atomic mass is 32.2. The molecule has 0 aliphatic carbocycles. The molecule has 1 aliphatic rings. The van der Waals surface area contributed by atoms with Crippen LogP contribution in [0.5, 0.6) is 0 Å². The molecule has 1 saturated heterocycles. The van der Waals surface area contributed by atoms with E-state index < -0.39 is 0 Å². The van der Waals surface area contributed by atoms with E-state index in [1.54, 1.807) is 0 Å². The summed E-state index contributed by atoms with van der Waals surface area (Å²) in [6.07, 6.45) is 3.58. The molecule has 1 heterocycles. The molecule has 0 amide bonds. The molecule has 17 heavy (non-hydrogen) atoms. The van der Waals surface area contributed by atoms with Gasteiger partial charge in [0.2, 0.25) is 0 Å². The Morgan fingerprint density at radius 3 is 2.53 bits per heavy atom. The minimum absolute atomic E-state index is 0.752. The largest absolute Gasteiger partial charge is 0.147 e. The highest BCUT2D eigenvalue weighted by Gasteiger charge is 2.15. The van der Waals surface area contributed by atoms with Gasteiger partial charge in [-0.1, -0.05) is 42.0 Å². The lowest BCUT2D eigenvalue weighted by molar-refractivity contribution is 0.977. The maximum atomic E-state index is 4.24. The first kappa shape index (κ1) is 13.1. The Hall–Kier alpha value is -0.340. The predicted molar refractivity (Wildman–Crippen MR) is 82.0 cm³/mol. The summed E-state index contributed by atoms with van der Waals surface area (Å²) in [5.74, 6) is 2.66. The van der Waals surface area contributed by atoms with Crippen LogP contribution in [0.3, 0.4) is 0 Å². The van der Waals surface area contributed by atoms with Gasteiger partial charge in [0.05, 0.1) is 4.58 Å². The van der Waals surface area contributed by atoms with Gasteiger partial charge in [0.25, 0.3) is 0 Å². The van der Waals surface area contributed by atoms with Gasteiger partial charge in [0.1, 0.15) is 0 Å². The molecule has 0 atom stereocenters. The molecule has 0 aromatic heterocycles. The maximum Gasteiger partial charge on any atom is 0.0539 e. The Bertz CT molecular complexity index is 361. The number of hydrogen-bond donors (Lipinski definition) is 0. The number of allylic oxidation sites excluding steroid dienone is 1. The van der Waals surface area contributed by atoms with Crippen LogP contribution >= 0.6 is 23.5 Å². The van der Waals surface area contributed by atoms with Crippen molar-refractivity contribution in [1.82, 2.24) is 0 Å². The van der Waals surface area contributed by atoms with E-state index in [2.05, 4.69) is 61.3 Å². The summed E-state index contributed by atoms with van der Waals surface area (Å²) >= 11 is 4.21. The molecule has 2 heteroatoms. The van der Waals surface area contributed by atoms with Crippen molar-refractivity contribution in [2.45, 2.75) is 30.8 Å². The zero-order chi connectivity index (χ0) is 12.1. The molecule has 0 unspecified atom stereocenters. The molecule has 1 aromatic carbocycles. The lowest BCUT2D eigenvalue weighted by Crippen LogP contribution is -2.08. The standard InChI is InChI=1S/C15H20S2/c1-12-4-6-14(7-5-12)10-13(2)11-15-16-8-3-9-17-15/h4-7,15H,2-3,8-11H2,1H3. The molecule has 1 aliphatic heterocycles. The van der Waals surface area contributed by atoms with E-state index in [0.717, 1.165) is 11.0 Å². The molecular weight excluding hydrogens is 244 g/mol. The highest BCUT2D eigenvalue weighted by molar-refractivity contribution is 8.17. The van der Waals surface area contributed by atoms with Crippen LogP contribution in [0.15, 0.2) is 36.4 Å². The summed E-state index contributed by atoms with van der Waals surface area (Å²) < 4.78 is 0.752. The van der Waals surface area contributed by atoms with E-state index in [9.17, 15) is 0 Å². The average Bonchev–Trinajstić information content (AvgIpc) is 2.33.